The first-order valence-corrected chi connectivity index (χ1v) is 19.5. The summed E-state index contributed by atoms with van der Waals surface area (Å²) in [6, 6.07) is 36.7. The third kappa shape index (κ3) is 12.3. The van der Waals surface area contributed by atoms with Gasteiger partial charge in [0.2, 0.25) is 13.6 Å². The second-order valence-corrected chi connectivity index (χ2v) is 13.9. The third-order valence-corrected chi connectivity index (χ3v) is 10.3. The minimum atomic E-state index is -0.300. The van der Waals surface area contributed by atoms with Gasteiger partial charge in [0.05, 0.1) is 43.0 Å². The molecule has 0 unspecified atom stereocenters. The summed E-state index contributed by atoms with van der Waals surface area (Å²) in [5.74, 6) is 3.75. The number of nitrogens with one attached hydrogen (secondary N) is 1. The number of carbonyl (C=O) groups is 5. The molecule has 6 aromatic carbocycles. The van der Waals surface area contributed by atoms with Crippen molar-refractivity contribution in [1.29, 1.82) is 0 Å². The number of nitrogens with zero attached hydrogens (tertiary/aromatic N) is 1. The number of hydrogen-bond donors (Lipinski definition) is 1. The zero-order valence-electron chi connectivity index (χ0n) is 36.6. The van der Waals surface area contributed by atoms with Gasteiger partial charge in [0.25, 0.3) is 30.1 Å². The summed E-state index contributed by atoms with van der Waals surface area (Å²) in [6.45, 7) is 0.487. The Balaban J connectivity index is 0.000000270. The van der Waals surface area contributed by atoms with Crippen molar-refractivity contribution in [2.24, 2.45) is 0 Å². The van der Waals surface area contributed by atoms with Crippen molar-refractivity contribution in [3.63, 3.8) is 0 Å². The summed E-state index contributed by atoms with van der Waals surface area (Å²) < 4.78 is 32.5. The normalized spacial score (nSPS) is 12.6. The van der Waals surface area contributed by atoms with Gasteiger partial charge in [0.1, 0.15) is 11.5 Å². The van der Waals surface area contributed by atoms with Crippen LogP contribution in [0.15, 0.2) is 121 Å². The maximum absolute atomic E-state index is 12.7. The van der Waals surface area contributed by atoms with Crippen molar-refractivity contribution in [2.75, 3.05) is 27.8 Å². The van der Waals surface area contributed by atoms with Crippen molar-refractivity contribution in [1.82, 2.24) is 10.2 Å². The van der Waals surface area contributed by atoms with Gasteiger partial charge in [-0.2, -0.15) is 0 Å². The Morgan fingerprint density at radius 2 is 1.02 bits per heavy atom. The second kappa shape index (κ2) is 25.5. The molecule has 4 aliphatic heterocycles. The first-order chi connectivity index (χ1) is 30.7. The number of hydrogen-bond acceptors (Lipinski definition) is 13. The molecule has 66 heavy (non-hydrogen) atoms. The largest absolute Gasteiger partial charge is 1.00 e. The average Bonchev–Trinajstić information content (AvgIpc) is 4.12. The van der Waals surface area contributed by atoms with Gasteiger partial charge in [-0.05, 0) is 95.1 Å². The Labute approximate surface area is 471 Å². The van der Waals surface area contributed by atoms with E-state index in [-0.39, 0.29) is 162 Å². The summed E-state index contributed by atoms with van der Waals surface area (Å²) >= 11 is 5.89. The first-order valence-electron chi connectivity index (χ1n) is 19.0. The van der Waals surface area contributed by atoms with Crippen molar-refractivity contribution in [2.45, 2.75) is 19.9 Å². The molecule has 6 aromatic rings. The fourth-order valence-corrected chi connectivity index (χ4v) is 7.12. The summed E-state index contributed by atoms with van der Waals surface area (Å²) in [5.41, 5.74) is 7.48. The van der Waals surface area contributed by atoms with Gasteiger partial charge in [0.15, 0.2) is 23.0 Å². The number of methoxy groups -OCH3 is 2. The van der Waals surface area contributed by atoms with E-state index in [2.05, 4.69) is 10.2 Å². The monoisotopic (exact) mass is 966 g/mol. The van der Waals surface area contributed by atoms with E-state index < -0.39 is 0 Å². The van der Waals surface area contributed by atoms with Crippen LogP contribution in [0.3, 0.4) is 0 Å². The molecule has 0 saturated heterocycles. The molecule has 0 atom stereocenters. The van der Waals surface area contributed by atoms with Gasteiger partial charge >= 0.3 is 103 Å². The molecule has 4 aliphatic rings. The minimum absolute atomic E-state index is 0. The van der Waals surface area contributed by atoms with E-state index in [1.807, 2.05) is 72.8 Å². The van der Waals surface area contributed by atoms with Crippen LogP contribution < -0.4 is 142 Å². The standard InChI is InChI=1S/C23H17NO5.C15H13ClO3.C8H5NO2.CH2O3.CH4.2K.H/c1-27-19-8-6-14(10-18(19)15-7-9-20-21(11-15)29-13-28-20)12-24-22(25)16-4-2-3-5-17(16)23(24)26;1-17-13-4-2-10(8-16)6-12(13)11-3-5-14-15(7-11)19-9-18-14;10-7-5-3-1-2-4-6(5)8(11)9-7;2-1-4-3;;;;/h2-11H,12-13H2,1H3;2-7H,8-9H2,1H3;1-4H,(H,9,10,11);1,3H;1H4;;;/q;;;;;2*+1;-1/p-1. The quantitative estimate of drug-likeness (QED) is 0.0578. The van der Waals surface area contributed by atoms with E-state index in [9.17, 15) is 19.2 Å². The summed E-state index contributed by atoms with van der Waals surface area (Å²) in [5, 5.41) is 10.6. The summed E-state index contributed by atoms with van der Waals surface area (Å²) in [6.07, 6.45) is 0. The van der Waals surface area contributed by atoms with Crippen LogP contribution in [0.2, 0.25) is 0 Å². The molecule has 10 rings (SSSR count). The molecule has 0 radical (unpaired) electrons. The van der Waals surface area contributed by atoms with Crippen molar-refractivity contribution >= 4 is 41.7 Å². The van der Waals surface area contributed by atoms with Crippen LogP contribution in [0.25, 0.3) is 22.3 Å². The van der Waals surface area contributed by atoms with Crippen LogP contribution in [0.4, 0.5) is 0 Å². The van der Waals surface area contributed by atoms with Gasteiger partial charge in [-0.3, -0.25) is 34.2 Å². The molecule has 4 heterocycles. The van der Waals surface area contributed by atoms with E-state index in [0.717, 1.165) is 50.6 Å². The minimum Gasteiger partial charge on any atom is -1.00 e. The van der Waals surface area contributed by atoms with Crippen molar-refractivity contribution in [3.05, 3.63) is 155 Å². The summed E-state index contributed by atoms with van der Waals surface area (Å²) in [4.78, 5) is 59.7. The zero-order valence-corrected chi connectivity index (χ0v) is 42.6. The predicted molar refractivity (Wildman–Crippen MR) is 233 cm³/mol. The van der Waals surface area contributed by atoms with Crippen molar-refractivity contribution < 1.29 is 167 Å². The van der Waals surface area contributed by atoms with Gasteiger partial charge in [-0.1, -0.05) is 56.0 Å². The van der Waals surface area contributed by atoms with E-state index >= 15 is 0 Å². The molecule has 0 spiro atoms. The van der Waals surface area contributed by atoms with Crippen LogP contribution in [0.5, 0.6) is 34.5 Å². The second-order valence-electron chi connectivity index (χ2n) is 13.6. The summed E-state index contributed by atoms with van der Waals surface area (Å²) in [7, 11) is 3.27. The number of rotatable bonds is 8. The van der Waals surface area contributed by atoms with Gasteiger partial charge in [-0.25, -0.2) is 0 Å². The number of imide groups is 2. The van der Waals surface area contributed by atoms with Crippen LogP contribution >= 0.6 is 11.6 Å². The molecular weight excluding hydrogens is 926 g/mol. The average molecular weight is 968 g/mol. The maximum atomic E-state index is 12.7. The Hall–Kier alpha value is -4.61. The molecule has 15 nitrogen and oxygen atoms in total. The molecule has 0 aliphatic carbocycles. The number of fused-ring (bicyclic) bond motifs is 4. The van der Waals surface area contributed by atoms with E-state index in [1.54, 1.807) is 62.8 Å². The molecular formula is C48H41ClK2N2O13. The number of benzene rings is 6. The van der Waals surface area contributed by atoms with Crippen LogP contribution in [0.1, 0.15) is 61.4 Å². The molecule has 0 aromatic heterocycles. The van der Waals surface area contributed by atoms with Crippen molar-refractivity contribution in [3.8, 4) is 56.8 Å². The zero-order chi connectivity index (χ0) is 44.5. The van der Waals surface area contributed by atoms with Gasteiger partial charge < -0.3 is 40.0 Å². The Morgan fingerprint density at radius 1 is 0.606 bits per heavy atom. The van der Waals surface area contributed by atoms with Gasteiger partial charge in [0, 0.05) is 17.0 Å². The fourth-order valence-electron chi connectivity index (χ4n) is 6.95. The Kier molecular flexibility index (Phi) is 20.9. The number of carbonyl (C=O) groups excluding carboxylic acids is 5. The molecule has 1 N–H and O–H groups in total. The smallest absolute Gasteiger partial charge is 1.00 e. The fraction of sp³-hybridized carbons (Fsp3) is 0.146. The van der Waals surface area contributed by atoms with E-state index in [1.165, 1.54) is 4.90 Å². The third-order valence-electron chi connectivity index (χ3n) is 9.95. The van der Waals surface area contributed by atoms with Gasteiger partial charge in [-0.15, -0.1) is 11.6 Å². The first kappa shape index (κ1) is 54.0. The molecule has 0 fully saturated rings. The number of alkyl halides is 1. The van der Waals surface area contributed by atoms with E-state index in [0.29, 0.717) is 45.4 Å². The maximum Gasteiger partial charge on any atom is 1.00 e. The SMILES string of the molecule is C.COc1ccc(CCl)cc1-c1ccc2c(c1)OCO2.COc1ccc(CN2C(=O)c3ccccc3C2=O)cc1-c1ccc2c(c1)OCO2.O=C1NC(=O)c2ccccc21.O=CO[O-].[H-].[K+].[K+]. The number of halogens is 1. The van der Waals surface area contributed by atoms with Crippen LogP contribution in [-0.4, -0.2) is 62.8 Å². The predicted octanol–water partition coefficient (Wildman–Crippen LogP) is 1.48. The molecule has 0 saturated carbocycles. The van der Waals surface area contributed by atoms with Crippen LogP contribution in [0, 0.1) is 0 Å². The molecule has 4 amide bonds. The Morgan fingerprint density at radius 3 is 1.44 bits per heavy atom. The molecule has 330 valence electrons. The Bertz CT molecular complexity index is 2670. The van der Waals surface area contributed by atoms with E-state index in [4.69, 9.17) is 50.1 Å². The number of ether oxygens (including phenoxy) is 6. The molecule has 0 bridgehead atoms. The van der Waals surface area contributed by atoms with Crippen LogP contribution in [-0.2, 0) is 22.1 Å². The number of amides is 4. The topological polar surface area (TPSA) is 188 Å². The molecule has 18 heteroatoms.